The van der Waals surface area contributed by atoms with Gasteiger partial charge in [0.2, 0.25) is 5.91 Å². The highest BCUT2D eigenvalue weighted by Crippen LogP contribution is 2.32. The van der Waals surface area contributed by atoms with E-state index >= 15 is 0 Å². The predicted molar refractivity (Wildman–Crippen MR) is 88.8 cm³/mol. The molecule has 0 spiro atoms. The minimum absolute atomic E-state index is 0.176. The third-order valence-corrected chi connectivity index (χ3v) is 4.52. The van der Waals surface area contributed by atoms with E-state index in [1.165, 1.54) is 18.6 Å². The fourth-order valence-corrected chi connectivity index (χ4v) is 3.01. The van der Waals surface area contributed by atoms with Crippen molar-refractivity contribution in [1.82, 2.24) is 9.80 Å². The Bertz CT molecular complexity index is 443. The van der Waals surface area contributed by atoms with E-state index in [4.69, 9.17) is 9.73 Å². The number of ether oxygens (including phenoxy) is 1. The standard InChI is InChI=1S/C17H29N3O2/c1-5-16(15-6-7-15)18-14(3)19-9-10-20(13(2)12-19)17(21)8-11-22-4/h13,15H,3,5-12H2,1-2,4H3/t13-/m1/s1. The average Bonchev–Trinajstić information content (AvgIpc) is 3.34. The normalized spacial score (nSPS) is 22.9. The average molecular weight is 307 g/mol. The zero-order valence-electron chi connectivity index (χ0n) is 14.2. The zero-order valence-corrected chi connectivity index (χ0v) is 14.2. The summed E-state index contributed by atoms with van der Waals surface area (Å²) < 4.78 is 4.99. The van der Waals surface area contributed by atoms with E-state index in [9.17, 15) is 4.79 Å². The van der Waals surface area contributed by atoms with Crippen molar-refractivity contribution in [1.29, 1.82) is 0 Å². The van der Waals surface area contributed by atoms with E-state index < -0.39 is 0 Å². The lowest BCUT2D eigenvalue weighted by Crippen LogP contribution is -2.53. The van der Waals surface area contributed by atoms with Crippen LogP contribution in [0.25, 0.3) is 0 Å². The van der Waals surface area contributed by atoms with Crippen LogP contribution in [0.15, 0.2) is 17.4 Å². The molecule has 2 rings (SSSR count). The molecule has 0 N–H and O–H groups in total. The van der Waals surface area contributed by atoms with Crippen LogP contribution in [0.1, 0.15) is 39.5 Å². The molecule has 5 heteroatoms. The fourth-order valence-electron chi connectivity index (χ4n) is 3.01. The second kappa shape index (κ2) is 7.77. The van der Waals surface area contributed by atoms with Crippen molar-refractivity contribution < 1.29 is 9.53 Å². The van der Waals surface area contributed by atoms with Crippen molar-refractivity contribution in [3.8, 4) is 0 Å². The summed E-state index contributed by atoms with van der Waals surface area (Å²) in [4.78, 5) is 21.1. The summed E-state index contributed by atoms with van der Waals surface area (Å²) in [7, 11) is 1.63. The van der Waals surface area contributed by atoms with Crippen molar-refractivity contribution in [2.75, 3.05) is 33.4 Å². The fraction of sp³-hybridized carbons (Fsp3) is 0.765. The van der Waals surface area contributed by atoms with Crippen molar-refractivity contribution in [2.45, 2.75) is 45.6 Å². The maximum atomic E-state index is 12.1. The molecule has 5 nitrogen and oxygen atoms in total. The molecule has 1 saturated carbocycles. The van der Waals surface area contributed by atoms with E-state index in [2.05, 4.69) is 25.3 Å². The lowest BCUT2D eigenvalue weighted by atomic mass is 10.1. The summed E-state index contributed by atoms with van der Waals surface area (Å²) in [6, 6.07) is 0.191. The van der Waals surface area contributed by atoms with Crippen LogP contribution in [0, 0.1) is 5.92 Å². The minimum atomic E-state index is 0.176. The molecule has 0 unspecified atom stereocenters. The molecule has 1 heterocycles. The van der Waals surface area contributed by atoms with Crippen LogP contribution in [0.3, 0.4) is 0 Å². The van der Waals surface area contributed by atoms with Gasteiger partial charge in [-0.2, -0.15) is 0 Å². The highest BCUT2D eigenvalue weighted by molar-refractivity contribution is 5.89. The molecule has 2 aliphatic rings. The molecular formula is C17H29N3O2. The Kier molecular flexibility index (Phi) is 6.00. The first-order chi connectivity index (χ1) is 10.6. The summed E-state index contributed by atoms with van der Waals surface area (Å²) in [6.45, 7) is 11.3. The molecular weight excluding hydrogens is 278 g/mol. The topological polar surface area (TPSA) is 45.1 Å². The Balaban J connectivity index is 1.89. The number of hydrogen-bond acceptors (Lipinski definition) is 4. The van der Waals surface area contributed by atoms with Gasteiger partial charge in [0.1, 0.15) is 5.82 Å². The quantitative estimate of drug-likeness (QED) is 0.678. The Morgan fingerprint density at radius 1 is 1.36 bits per heavy atom. The van der Waals surface area contributed by atoms with Gasteiger partial charge in [-0.3, -0.25) is 4.79 Å². The van der Waals surface area contributed by atoms with E-state index in [0.29, 0.717) is 18.9 Å². The molecule has 124 valence electrons. The predicted octanol–water partition coefficient (Wildman–Crippen LogP) is 2.29. The molecule has 0 aromatic heterocycles. The Morgan fingerprint density at radius 3 is 2.64 bits per heavy atom. The maximum absolute atomic E-state index is 12.1. The van der Waals surface area contributed by atoms with Crippen molar-refractivity contribution in [3.05, 3.63) is 12.4 Å². The van der Waals surface area contributed by atoms with Gasteiger partial charge in [-0.1, -0.05) is 13.5 Å². The van der Waals surface area contributed by atoms with Gasteiger partial charge in [-0.15, -0.1) is 0 Å². The molecule has 1 saturated heterocycles. The number of methoxy groups -OCH3 is 1. The third kappa shape index (κ3) is 4.32. The summed E-state index contributed by atoms with van der Waals surface area (Å²) in [5.41, 5.74) is 1.29. The summed E-state index contributed by atoms with van der Waals surface area (Å²) in [5, 5.41) is 0. The second-order valence-corrected chi connectivity index (χ2v) is 6.27. The van der Waals surface area contributed by atoms with E-state index in [0.717, 1.165) is 31.9 Å². The second-order valence-electron chi connectivity index (χ2n) is 6.27. The molecule has 0 bridgehead atoms. The van der Waals surface area contributed by atoms with Crippen LogP contribution in [0.2, 0.25) is 0 Å². The molecule has 1 aliphatic heterocycles. The first-order valence-corrected chi connectivity index (χ1v) is 8.36. The molecule has 1 atom stereocenters. The number of carbonyl (C=O) groups is 1. The van der Waals surface area contributed by atoms with E-state index in [1.807, 2.05) is 4.90 Å². The van der Waals surface area contributed by atoms with Crippen LogP contribution in [0.5, 0.6) is 0 Å². The number of hydrogen-bond donors (Lipinski definition) is 0. The van der Waals surface area contributed by atoms with Crippen molar-refractivity contribution in [3.63, 3.8) is 0 Å². The van der Waals surface area contributed by atoms with Crippen LogP contribution < -0.4 is 0 Å². The Labute approximate surface area is 134 Å². The first-order valence-electron chi connectivity index (χ1n) is 8.36. The number of amides is 1. The Hall–Kier alpha value is -1.36. The van der Waals surface area contributed by atoms with Crippen molar-refractivity contribution in [2.24, 2.45) is 10.9 Å². The maximum Gasteiger partial charge on any atom is 0.225 e. The summed E-state index contributed by atoms with van der Waals surface area (Å²) >= 11 is 0. The lowest BCUT2D eigenvalue weighted by Gasteiger charge is -2.40. The van der Waals surface area contributed by atoms with Crippen LogP contribution in [0.4, 0.5) is 0 Å². The first kappa shape index (κ1) is 17.0. The van der Waals surface area contributed by atoms with Crippen molar-refractivity contribution >= 4 is 11.6 Å². The van der Waals surface area contributed by atoms with Crippen LogP contribution >= 0.6 is 0 Å². The van der Waals surface area contributed by atoms with Gasteiger partial charge in [-0.25, -0.2) is 4.99 Å². The summed E-state index contributed by atoms with van der Waals surface area (Å²) in [5.74, 6) is 1.73. The number of carbonyl (C=O) groups excluding carboxylic acids is 1. The lowest BCUT2D eigenvalue weighted by molar-refractivity contribution is -0.136. The largest absolute Gasteiger partial charge is 0.384 e. The van der Waals surface area contributed by atoms with E-state index in [-0.39, 0.29) is 11.9 Å². The van der Waals surface area contributed by atoms with Gasteiger partial charge in [0, 0.05) is 38.5 Å². The number of nitrogens with zero attached hydrogens (tertiary/aromatic N) is 3. The minimum Gasteiger partial charge on any atom is -0.384 e. The molecule has 22 heavy (non-hydrogen) atoms. The highest BCUT2D eigenvalue weighted by Gasteiger charge is 2.29. The van der Waals surface area contributed by atoms with Crippen LogP contribution in [-0.2, 0) is 9.53 Å². The summed E-state index contributed by atoms with van der Waals surface area (Å²) in [6.07, 6.45) is 4.02. The smallest absolute Gasteiger partial charge is 0.225 e. The van der Waals surface area contributed by atoms with Gasteiger partial charge >= 0.3 is 0 Å². The van der Waals surface area contributed by atoms with Gasteiger partial charge in [0.05, 0.1) is 13.0 Å². The molecule has 2 fully saturated rings. The van der Waals surface area contributed by atoms with E-state index in [1.54, 1.807) is 7.11 Å². The highest BCUT2D eigenvalue weighted by atomic mass is 16.5. The van der Waals surface area contributed by atoms with Gasteiger partial charge in [0.25, 0.3) is 0 Å². The molecule has 1 aliphatic carbocycles. The molecule has 1 amide bonds. The van der Waals surface area contributed by atoms with Gasteiger partial charge < -0.3 is 14.5 Å². The molecule has 0 aromatic carbocycles. The monoisotopic (exact) mass is 307 g/mol. The molecule has 0 aromatic rings. The third-order valence-electron chi connectivity index (χ3n) is 4.52. The molecule has 0 radical (unpaired) electrons. The number of rotatable bonds is 7. The SMILES string of the molecule is C=C(N=C(CC)C1CC1)N1CCN(C(=O)CCOC)[C@H](C)C1. The Morgan fingerprint density at radius 2 is 2.09 bits per heavy atom. The van der Waals surface area contributed by atoms with Gasteiger partial charge in [0.15, 0.2) is 0 Å². The number of piperazine rings is 1. The number of aliphatic imine (C=N–C) groups is 1. The van der Waals surface area contributed by atoms with Gasteiger partial charge in [-0.05, 0) is 32.1 Å². The zero-order chi connectivity index (χ0) is 16.1. The van der Waals surface area contributed by atoms with Crippen LogP contribution in [-0.4, -0.2) is 60.8 Å².